The molecule has 1 heterocycles. The fraction of sp³-hybridized carbons (Fsp3) is 0.600. The van der Waals surface area contributed by atoms with Crippen LogP contribution < -0.4 is 5.43 Å². The minimum Gasteiger partial charge on any atom is -0.303 e. The summed E-state index contributed by atoms with van der Waals surface area (Å²) >= 11 is 0. The highest BCUT2D eigenvalue weighted by Crippen LogP contribution is 2.23. The lowest BCUT2D eigenvalue weighted by Crippen LogP contribution is -2.36. The molecule has 0 saturated carbocycles. The van der Waals surface area contributed by atoms with E-state index < -0.39 is 0 Å². The van der Waals surface area contributed by atoms with Crippen LogP contribution in [-0.4, -0.2) is 12.1 Å². The molecule has 0 radical (unpaired) electrons. The van der Waals surface area contributed by atoms with Crippen molar-refractivity contribution in [2.75, 3.05) is 7.05 Å². The molecule has 2 nitrogen and oxygen atoms in total. The molecule has 0 atom stereocenters. The molecular formula is C10H18N2. The summed E-state index contributed by atoms with van der Waals surface area (Å²) in [7, 11) is 2.06. The Kier molecular flexibility index (Phi) is 2.46. The van der Waals surface area contributed by atoms with Gasteiger partial charge in [-0.3, -0.25) is 5.01 Å². The summed E-state index contributed by atoms with van der Waals surface area (Å²) in [5, 5.41) is 2.08. The zero-order valence-corrected chi connectivity index (χ0v) is 8.65. The molecule has 0 saturated heterocycles. The van der Waals surface area contributed by atoms with E-state index in [1.807, 2.05) is 0 Å². The van der Waals surface area contributed by atoms with E-state index in [9.17, 15) is 0 Å². The lowest BCUT2D eigenvalue weighted by Gasteiger charge is -2.31. The van der Waals surface area contributed by atoms with Gasteiger partial charge in [-0.25, -0.2) is 0 Å². The molecule has 0 aromatic heterocycles. The van der Waals surface area contributed by atoms with Gasteiger partial charge in [-0.2, -0.15) is 0 Å². The first kappa shape index (κ1) is 9.17. The van der Waals surface area contributed by atoms with E-state index in [1.54, 1.807) is 0 Å². The zero-order valence-electron chi connectivity index (χ0n) is 8.65. The van der Waals surface area contributed by atoms with Gasteiger partial charge in [0.05, 0.1) is 0 Å². The van der Waals surface area contributed by atoms with E-state index in [4.69, 9.17) is 0 Å². The monoisotopic (exact) mass is 166 g/mol. The third kappa shape index (κ3) is 1.33. The van der Waals surface area contributed by atoms with Gasteiger partial charge in [0.25, 0.3) is 0 Å². The molecular weight excluding hydrogens is 148 g/mol. The highest BCUT2D eigenvalue weighted by atomic mass is 15.5. The Labute approximate surface area is 74.9 Å². The summed E-state index contributed by atoms with van der Waals surface area (Å²) in [6.45, 7) is 8.67. The summed E-state index contributed by atoms with van der Waals surface area (Å²) in [5.41, 5.74) is 8.79. The molecule has 1 N–H and O–H groups in total. The second kappa shape index (κ2) is 3.21. The average molecular weight is 166 g/mol. The smallest absolute Gasteiger partial charge is 0.0345 e. The van der Waals surface area contributed by atoms with E-state index in [2.05, 4.69) is 45.2 Å². The van der Waals surface area contributed by atoms with Crippen LogP contribution in [0.3, 0.4) is 0 Å². The maximum absolute atomic E-state index is 3.35. The van der Waals surface area contributed by atoms with Crippen molar-refractivity contribution >= 4 is 0 Å². The second-order valence-corrected chi connectivity index (χ2v) is 3.34. The molecule has 68 valence electrons. The van der Waals surface area contributed by atoms with Gasteiger partial charge < -0.3 is 5.43 Å². The first-order valence-electron chi connectivity index (χ1n) is 4.46. The van der Waals surface area contributed by atoms with Crippen molar-refractivity contribution in [3.63, 3.8) is 0 Å². The molecule has 0 fully saturated rings. The Morgan fingerprint density at radius 3 is 2.25 bits per heavy atom. The molecule has 12 heavy (non-hydrogen) atoms. The molecule has 2 heteroatoms. The van der Waals surface area contributed by atoms with Gasteiger partial charge in [0, 0.05) is 18.4 Å². The number of nitrogens with one attached hydrogen (secondary N) is 1. The van der Waals surface area contributed by atoms with Gasteiger partial charge in [0.1, 0.15) is 0 Å². The Morgan fingerprint density at radius 1 is 1.17 bits per heavy atom. The fourth-order valence-electron chi connectivity index (χ4n) is 1.46. The minimum atomic E-state index is 1.07. The summed E-state index contributed by atoms with van der Waals surface area (Å²) in [6.07, 6.45) is 1.07. The summed E-state index contributed by atoms with van der Waals surface area (Å²) in [4.78, 5) is 0. The van der Waals surface area contributed by atoms with Crippen LogP contribution in [0.5, 0.6) is 0 Å². The van der Waals surface area contributed by atoms with Gasteiger partial charge in [0.15, 0.2) is 0 Å². The first-order chi connectivity index (χ1) is 5.57. The standard InChI is InChI=1S/C10H18N2/c1-6-10-8(3)7(2)9(4)12(5)11-10/h11H,6H2,1-5H3. The van der Waals surface area contributed by atoms with Crippen molar-refractivity contribution in [1.82, 2.24) is 10.4 Å². The van der Waals surface area contributed by atoms with Crippen molar-refractivity contribution in [1.29, 1.82) is 0 Å². The highest BCUT2D eigenvalue weighted by Gasteiger charge is 2.14. The number of nitrogens with zero attached hydrogens (tertiary/aromatic N) is 1. The Morgan fingerprint density at radius 2 is 1.75 bits per heavy atom. The average Bonchev–Trinajstić information content (AvgIpc) is 2.08. The number of hydrogen-bond donors (Lipinski definition) is 1. The van der Waals surface area contributed by atoms with Crippen LogP contribution in [-0.2, 0) is 0 Å². The van der Waals surface area contributed by atoms with Crippen LogP contribution >= 0.6 is 0 Å². The molecule has 0 spiro atoms. The van der Waals surface area contributed by atoms with E-state index in [0.717, 1.165) is 6.42 Å². The van der Waals surface area contributed by atoms with E-state index >= 15 is 0 Å². The summed E-state index contributed by atoms with van der Waals surface area (Å²) in [6, 6.07) is 0. The van der Waals surface area contributed by atoms with Crippen molar-refractivity contribution in [2.24, 2.45) is 0 Å². The topological polar surface area (TPSA) is 15.3 Å². The van der Waals surface area contributed by atoms with Crippen LogP contribution in [0.25, 0.3) is 0 Å². The zero-order chi connectivity index (χ0) is 9.30. The maximum Gasteiger partial charge on any atom is 0.0345 e. The largest absolute Gasteiger partial charge is 0.303 e. The van der Waals surface area contributed by atoms with Crippen molar-refractivity contribution in [3.8, 4) is 0 Å². The third-order valence-corrected chi connectivity index (χ3v) is 2.72. The van der Waals surface area contributed by atoms with E-state index in [0.29, 0.717) is 0 Å². The molecule has 0 aliphatic carbocycles. The fourth-order valence-corrected chi connectivity index (χ4v) is 1.46. The Hall–Kier alpha value is -0.920. The molecule has 0 amide bonds. The maximum atomic E-state index is 3.35. The number of rotatable bonds is 1. The summed E-state index contributed by atoms with van der Waals surface area (Å²) < 4.78 is 0. The molecule has 0 aromatic carbocycles. The van der Waals surface area contributed by atoms with Crippen LogP contribution in [0.15, 0.2) is 22.5 Å². The summed E-state index contributed by atoms with van der Waals surface area (Å²) in [5.74, 6) is 0. The normalized spacial score (nSPS) is 18.6. The second-order valence-electron chi connectivity index (χ2n) is 3.34. The quantitative estimate of drug-likeness (QED) is 0.643. The lowest BCUT2D eigenvalue weighted by atomic mass is 10.0. The van der Waals surface area contributed by atoms with Crippen molar-refractivity contribution < 1.29 is 0 Å². The molecule has 1 aliphatic heterocycles. The van der Waals surface area contributed by atoms with Crippen LogP contribution in [0.4, 0.5) is 0 Å². The highest BCUT2D eigenvalue weighted by molar-refractivity contribution is 5.36. The predicted octanol–water partition coefficient (Wildman–Crippen LogP) is 2.41. The molecule has 0 bridgehead atoms. The lowest BCUT2D eigenvalue weighted by molar-refractivity contribution is 0.320. The van der Waals surface area contributed by atoms with Crippen molar-refractivity contribution in [3.05, 3.63) is 22.5 Å². The van der Waals surface area contributed by atoms with E-state index in [-0.39, 0.29) is 0 Å². The molecule has 1 rings (SSSR count). The van der Waals surface area contributed by atoms with E-state index in [1.165, 1.54) is 22.5 Å². The van der Waals surface area contributed by atoms with Gasteiger partial charge in [0.2, 0.25) is 0 Å². The third-order valence-electron chi connectivity index (χ3n) is 2.72. The van der Waals surface area contributed by atoms with Gasteiger partial charge in [-0.05, 0) is 38.3 Å². The number of allylic oxidation sites excluding steroid dienone is 4. The minimum absolute atomic E-state index is 1.07. The number of hydrazine groups is 1. The SMILES string of the molecule is CCC1=C(C)C(C)=C(C)N(C)N1. The Balaban J connectivity index is 3.06. The predicted molar refractivity (Wildman–Crippen MR) is 52.3 cm³/mol. The Bertz CT molecular complexity index is 247. The van der Waals surface area contributed by atoms with Crippen LogP contribution in [0.1, 0.15) is 34.1 Å². The van der Waals surface area contributed by atoms with Crippen molar-refractivity contribution in [2.45, 2.75) is 34.1 Å². The van der Waals surface area contributed by atoms with Crippen LogP contribution in [0, 0.1) is 0 Å². The molecule has 0 unspecified atom stereocenters. The molecule has 1 aliphatic rings. The van der Waals surface area contributed by atoms with Crippen LogP contribution in [0.2, 0.25) is 0 Å². The number of hydrogen-bond acceptors (Lipinski definition) is 2. The van der Waals surface area contributed by atoms with Gasteiger partial charge in [-0.1, -0.05) is 6.92 Å². The van der Waals surface area contributed by atoms with Gasteiger partial charge >= 0.3 is 0 Å². The molecule has 0 aromatic rings. The first-order valence-corrected chi connectivity index (χ1v) is 4.46. The van der Waals surface area contributed by atoms with Gasteiger partial charge in [-0.15, -0.1) is 0 Å².